The Balaban J connectivity index is 1.48. The molecule has 0 saturated carbocycles. The third kappa shape index (κ3) is 6.21. The van der Waals surface area contributed by atoms with E-state index in [0.29, 0.717) is 0 Å². The highest BCUT2D eigenvalue weighted by Crippen LogP contribution is 2.33. The van der Waals surface area contributed by atoms with Gasteiger partial charge in [-0.15, -0.1) is 0 Å². The molecule has 0 radical (unpaired) electrons. The van der Waals surface area contributed by atoms with Crippen LogP contribution in [0.4, 0.5) is 0 Å². The lowest BCUT2D eigenvalue weighted by atomic mass is 9.82. The van der Waals surface area contributed by atoms with Crippen molar-refractivity contribution in [3.63, 3.8) is 0 Å². The predicted molar refractivity (Wildman–Crippen MR) is 143 cm³/mol. The summed E-state index contributed by atoms with van der Waals surface area (Å²) in [6.45, 7) is 2.93. The van der Waals surface area contributed by atoms with Crippen molar-refractivity contribution in [1.29, 1.82) is 0 Å². The van der Waals surface area contributed by atoms with Gasteiger partial charge in [-0.2, -0.15) is 0 Å². The molecule has 1 unspecified atom stereocenters. The summed E-state index contributed by atoms with van der Waals surface area (Å²) in [6, 6.07) is 3.68. The Bertz CT molecular complexity index is 1210. The van der Waals surface area contributed by atoms with Gasteiger partial charge in [-0.1, -0.05) is 42.5 Å². The second kappa shape index (κ2) is 11.9. The van der Waals surface area contributed by atoms with Crippen LogP contribution < -0.4 is 11.1 Å². The number of aryl methyl sites for hydroxylation is 1. The number of aromatic nitrogens is 2. The van der Waals surface area contributed by atoms with Gasteiger partial charge in [0.1, 0.15) is 6.04 Å². The number of carbonyl (C=O) groups is 1. The molecule has 6 nitrogen and oxygen atoms in total. The normalized spacial score (nSPS) is 16.1. The summed E-state index contributed by atoms with van der Waals surface area (Å²) in [5.41, 5.74) is 14.5. The number of carbonyl (C=O) groups excluding carboxylic acids is 1. The van der Waals surface area contributed by atoms with Gasteiger partial charge in [0.2, 0.25) is 0 Å². The molecule has 6 heteroatoms. The number of aliphatic imine (C=N–C) groups is 1. The summed E-state index contributed by atoms with van der Waals surface area (Å²) in [6.07, 6.45) is 23.3. The summed E-state index contributed by atoms with van der Waals surface area (Å²) in [5.74, 6) is -0.314. The molecule has 4 rings (SSSR count). The molecule has 1 aromatic heterocycles. The number of benzene rings is 1. The summed E-state index contributed by atoms with van der Waals surface area (Å²) in [7, 11) is 1.95. The summed E-state index contributed by atoms with van der Waals surface area (Å²) < 4.78 is 2.12. The van der Waals surface area contributed by atoms with E-state index in [2.05, 4.69) is 44.3 Å². The fourth-order valence-corrected chi connectivity index (χ4v) is 4.50. The van der Waals surface area contributed by atoms with Crippen LogP contribution >= 0.6 is 0 Å². The molecule has 0 saturated heterocycles. The van der Waals surface area contributed by atoms with E-state index in [-0.39, 0.29) is 5.91 Å². The van der Waals surface area contributed by atoms with Gasteiger partial charge in [0, 0.05) is 18.1 Å². The van der Waals surface area contributed by atoms with E-state index < -0.39 is 6.04 Å². The molecule has 1 heterocycles. The number of nitrogens with one attached hydrogen (secondary N) is 1. The zero-order chi connectivity index (χ0) is 24.6. The predicted octanol–water partition coefficient (Wildman–Crippen LogP) is 4.12. The van der Waals surface area contributed by atoms with Gasteiger partial charge in [-0.05, 0) is 92.9 Å². The van der Waals surface area contributed by atoms with Crippen molar-refractivity contribution < 1.29 is 4.79 Å². The Kier molecular flexibility index (Phi) is 8.40. The molecule has 35 heavy (non-hydrogen) atoms. The lowest BCUT2D eigenvalue weighted by molar-refractivity contribution is -0.118. The minimum absolute atomic E-state index is 0.314. The lowest BCUT2D eigenvalue weighted by Crippen LogP contribution is -2.30. The van der Waals surface area contributed by atoms with Crippen LogP contribution in [0, 0.1) is 6.92 Å². The van der Waals surface area contributed by atoms with E-state index in [1.807, 2.05) is 50.7 Å². The average Bonchev–Trinajstić information content (AvgIpc) is 3.09. The SMILES string of the molecule is CNCCCC(C=NC(=O)C(N)C1=CCC=CC=C1)=CCc1ccc(-n2cnc(C)c2)c2c1CC2. The Morgan fingerprint density at radius 2 is 2.14 bits per heavy atom. The third-order valence-corrected chi connectivity index (χ3v) is 6.60. The number of allylic oxidation sites excluding steroid dienone is 6. The van der Waals surface area contributed by atoms with Crippen molar-refractivity contribution in [3.05, 3.63) is 94.6 Å². The zero-order valence-electron chi connectivity index (χ0n) is 20.7. The number of hydrogen-bond donors (Lipinski definition) is 2. The zero-order valence-corrected chi connectivity index (χ0v) is 20.7. The van der Waals surface area contributed by atoms with E-state index in [9.17, 15) is 4.79 Å². The van der Waals surface area contributed by atoms with Gasteiger partial charge in [0.25, 0.3) is 5.91 Å². The summed E-state index contributed by atoms with van der Waals surface area (Å²) in [5, 5.41) is 3.19. The van der Waals surface area contributed by atoms with Crippen molar-refractivity contribution in [2.75, 3.05) is 13.6 Å². The number of nitrogens with two attached hydrogens (primary N) is 1. The Hall–Kier alpha value is -3.35. The Morgan fingerprint density at radius 3 is 2.89 bits per heavy atom. The average molecular weight is 470 g/mol. The van der Waals surface area contributed by atoms with E-state index in [4.69, 9.17) is 5.73 Å². The molecule has 0 aliphatic heterocycles. The lowest BCUT2D eigenvalue weighted by Gasteiger charge is -2.26. The molecule has 1 atom stereocenters. The Morgan fingerprint density at radius 1 is 1.29 bits per heavy atom. The van der Waals surface area contributed by atoms with Crippen LogP contribution in [-0.4, -0.2) is 41.3 Å². The molecule has 3 N–H and O–H groups in total. The molecule has 1 amide bonds. The van der Waals surface area contributed by atoms with Crippen LogP contribution in [-0.2, 0) is 24.1 Å². The van der Waals surface area contributed by atoms with Gasteiger partial charge in [-0.3, -0.25) is 4.79 Å². The maximum Gasteiger partial charge on any atom is 0.267 e. The molecule has 0 bridgehead atoms. The number of nitrogens with zero attached hydrogens (tertiary/aromatic N) is 3. The second-order valence-electron chi connectivity index (χ2n) is 9.11. The smallest absolute Gasteiger partial charge is 0.267 e. The minimum atomic E-state index is -0.736. The monoisotopic (exact) mass is 469 g/mol. The van der Waals surface area contributed by atoms with Gasteiger partial charge in [0.15, 0.2) is 0 Å². The van der Waals surface area contributed by atoms with Crippen LogP contribution in [0.3, 0.4) is 0 Å². The van der Waals surface area contributed by atoms with E-state index in [1.54, 1.807) is 6.21 Å². The van der Waals surface area contributed by atoms with Crippen molar-refractivity contribution in [2.24, 2.45) is 10.7 Å². The van der Waals surface area contributed by atoms with Crippen molar-refractivity contribution in [1.82, 2.24) is 14.9 Å². The van der Waals surface area contributed by atoms with Crippen LogP contribution in [0.5, 0.6) is 0 Å². The molecule has 1 aromatic carbocycles. The molecule has 2 aromatic rings. The molecule has 2 aliphatic rings. The van der Waals surface area contributed by atoms with Crippen LogP contribution in [0.1, 0.15) is 41.6 Å². The van der Waals surface area contributed by atoms with E-state index in [0.717, 1.165) is 61.9 Å². The highest BCUT2D eigenvalue weighted by atomic mass is 16.1. The van der Waals surface area contributed by atoms with Gasteiger partial charge < -0.3 is 15.6 Å². The number of rotatable bonds is 10. The molecular formula is C29H35N5O. The topological polar surface area (TPSA) is 85.3 Å². The maximum absolute atomic E-state index is 12.7. The first-order valence-electron chi connectivity index (χ1n) is 12.4. The molecular weight excluding hydrogens is 434 g/mol. The second-order valence-corrected chi connectivity index (χ2v) is 9.11. The van der Waals surface area contributed by atoms with Crippen LogP contribution in [0.2, 0.25) is 0 Å². The molecule has 0 fully saturated rings. The first-order valence-corrected chi connectivity index (χ1v) is 12.4. The third-order valence-electron chi connectivity index (χ3n) is 6.60. The molecule has 0 spiro atoms. The fraction of sp³-hybridized carbons (Fsp3) is 0.345. The number of fused-ring (bicyclic) bond motifs is 1. The maximum atomic E-state index is 12.7. The van der Waals surface area contributed by atoms with Crippen molar-refractivity contribution in [3.8, 4) is 5.69 Å². The van der Waals surface area contributed by atoms with E-state index in [1.165, 1.54) is 22.4 Å². The standard InChI is InChI=1S/C29H35N5O/c1-21-19-34(20-33-21)27-16-13-23(25-14-15-26(25)27)12-11-22(8-7-17-31-2)18-32-29(35)28(30)24-9-5-3-4-6-10-24/h3-5,9-11,13,16,18-20,28,31H,6-8,12,14-15,17,30H2,1-2H3. The summed E-state index contributed by atoms with van der Waals surface area (Å²) in [4.78, 5) is 21.3. The summed E-state index contributed by atoms with van der Waals surface area (Å²) >= 11 is 0. The quantitative estimate of drug-likeness (QED) is 0.405. The highest BCUT2D eigenvalue weighted by Gasteiger charge is 2.21. The van der Waals surface area contributed by atoms with Crippen molar-refractivity contribution in [2.45, 2.75) is 51.5 Å². The molecule has 2 aliphatic carbocycles. The van der Waals surface area contributed by atoms with Crippen LogP contribution in [0.25, 0.3) is 5.69 Å². The molecule has 182 valence electrons. The van der Waals surface area contributed by atoms with Crippen LogP contribution in [0.15, 0.2) is 77.3 Å². The number of amides is 1. The minimum Gasteiger partial charge on any atom is -0.320 e. The number of imidazole rings is 1. The largest absolute Gasteiger partial charge is 0.320 e. The van der Waals surface area contributed by atoms with Gasteiger partial charge >= 0.3 is 0 Å². The highest BCUT2D eigenvalue weighted by molar-refractivity contribution is 5.95. The van der Waals surface area contributed by atoms with Crippen molar-refractivity contribution >= 4 is 12.1 Å². The number of hydrogen-bond acceptors (Lipinski definition) is 4. The first-order chi connectivity index (χ1) is 17.1. The first kappa shape index (κ1) is 24.8. The fourth-order valence-electron chi connectivity index (χ4n) is 4.50. The van der Waals surface area contributed by atoms with Gasteiger partial charge in [-0.25, -0.2) is 9.98 Å². The van der Waals surface area contributed by atoms with Gasteiger partial charge in [0.05, 0.1) is 12.0 Å². The van der Waals surface area contributed by atoms with E-state index >= 15 is 0 Å². The Labute approximate surface area is 208 Å².